The number of nitrogens with one attached hydrogen (secondary N) is 1. The van der Waals surface area contributed by atoms with Gasteiger partial charge in [0, 0.05) is 13.2 Å². The summed E-state index contributed by atoms with van der Waals surface area (Å²) in [5.74, 6) is -0.212. The number of ether oxygens (including phenoxy) is 1. The molecule has 0 spiro atoms. The molecule has 1 aliphatic heterocycles. The highest BCUT2D eigenvalue weighted by Crippen LogP contribution is 2.27. The van der Waals surface area contributed by atoms with E-state index in [1.165, 1.54) is 12.1 Å². The van der Waals surface area contributed by atoms with E-state index >= 15 is 0 Å². The van der Waals surface area contributed by atoms with Gasteiger partial charge in [-0.3, -0.25) is 10.1 Å². The van der Waals surface area contributed by atoms with E-state index in [2.05, 4.69) is 12.2 Å². The topological polar surface area (TPSA) is 41.6 Å². The van der Waals surface area contributed by atoms with Gasteiger partial charge in [-0.15, -0.1) is 0 Å². The second kappa shape index (κ2) is 7.52. The molecular weight excluding hydrogens is 271 g/mol. The van der Waals surface area contributed by atoms with Crippen molar-refractivity contribution < 1.29 is 13.9 Å². The van der Waals surface area contributed by atoms with Crippen LogP contribution in [0.15, 0.2) is 24.3 Å². The highest BCUT2D eigenvalue weighted by Gasteiger charge is 2.38. The van der Waals surface area contributed by atoms with Crippen LogP contribution < -0.4 is 5.32 Å². The Kier molecular flexibility index (Phi) is 5.70. The van der Waals surface area contributed by atoms with Gasteiger partial charge in [-0.1, -0.05) is 25.5 Å². The molecule has 2 atom stereocenters. The predicted molar refractivity (Wildman–Crippen MR) is 79.2 cm³/mol. The Morgan fingerprint density at radius 2 is 2.19 bits per heavy atom. The lowest BCUT2D eigenvalue weighted by Crippen LogP contribution is -2.34. The van der Waals surface area contributed by atoms with E-state index in [0.29, 0.717) is 19.8 Å². The first-order valence-electron chi connectivity index (χ1n) is 7.57. The zero-order valence-electron chi connectivity index (χ0n) is 12.6. The van der Waals surface area contributed by atoms with Crippen LogP contribution in [0, 0.1) is 5.82 Å². The first kappa shape index (κ1) is 15.9. The molecule has 0 bridgehead atoms. The number of carbonyl (C=O) groups excluding carboxylic acids is 1. The highest BCUT2D eigenvalue weighted by molar-refractivity contribution is 5.84. The van der Waals surface area contributed by atoms with E-state index in [-0.39, 0.29) is 23.9 Å². The fraction of sp³-hybridized carbons (Fsp3) is 0.562. The van der Waals surface area contributed by atoms with Crippen LogP contribution in [0.2, 0.25) is 0 Å². The monoisotopic (exact) mass is 294 g/mol. The van der Waals surface area contributed by atoms with Crippen molar-refractivity contribution in [1.82, 2.24) is 10.2 Å². The third-order valence-corrected chi connectivity index (χ3v) is 3.67. The molecule has 1 aliphatic rings. The summed E-state index contributed by atoms with van der Waals surface area (Å²) in [6.07, 6.45) is 1.44. The summed E-state index contributed by atoms with van der Waals surface area (Å²) in [6, 6.07) is 6.21. The quantitative estimate of drug-likeness (QED) is 0.785. The van der Waals surface area contributed by atoms with Crippen molar-refractivity contribution in [2.75, 3.05) is 19.8 Å². The van der Waals surface area contributed by atoms with Crippen LogP contribution in [-0.2, 0) is 9.53 Å². The van der Waals surface area contributed by atoms with E-state index < -0.39 is 0 Å². The second-order valence-electron chi connectivity index (χ2n) is 5.19. The van der Waals surface area contributed by atoms with E-state index in [0.717, 1.165) is 18.4 Å². The molecule has 1 aromatic carbocycles. The van der Waals surface area contributed by atoms with Gasteiger partial charge in [0.1, 0.15) is 12.0 Å². The van der Waals surface area contributed by atoms with Crippen LogP contribution in [0.3, 0.4) is 0 Å². The van der Waals surface area contributed by atoms with E-state index in [4.69, 9.17) is 4.74 Å². The predicted octanol–water partition coefficient (Wildman–Crippen LogP) is 2.46. The van der Waals surface area contributed by atoms with Gasteiger partial charge in [0.15, 0.2) is 0 Å². The first-order chi connectivity index (χ1) is 10.2. The summed E-state index contributed by atoms with van der Waals surface area (Å²) >= 11 is 0. The Morgan fingerprint density at radius 3 is 2.86 bits per heavy atom. The van der Waals surface area contributed by atoms with Crippen LogP contribution >= 0.6 is 0 Å². The average molecular weight is 294 g/mol. The molecule has 5 heteroatoms. The molecule has 1 aromatic rings. The Labute approximate surface area is 125 Å². The zero-order chi connectivity index (χ0) is 15.2. The zero-order valence-corrected chi connectivity index (χ0v) is 12.6. The van der Waals surface area contributed by atoms with Crippen molar-refractivity contribution in [2.45, 2.75) is 38.9 Å². The van der Waals surface area contributed by atoms with Gasteiger partial charge in [0.25, 0.3) is 0 Å². The number of carbonyl (C=O) groups is 1. The summed E-state index contributed by atoms with van der Waals surface area (Å²) in [4.78, 5) is 14.2. The average Bonchev–Trinajstić information content (AvgIpc) is 2.77. The summed E-state index contributed by atoms with van der Waals surface area (Å²) in [7, 11) is 0. The van der Waals surface area contributed by atoms with Crippen molar-refractivity contribution in [3.8, 4) is 0 Å². The molecule has 1 N–H and O–H groups in total. The molecule has 0 radical (unpaired) electrons. The molecule has 0 aromatic heterocycles. The van der Waals surface area contributed by atoms with Crippen molar-refractivity contribution in [2.24, 2.45) is 0 Å². The standard InChI is InChI=1S/C16H23FN2O2/c1-3-6-14-16(20)19(9-10-21-4-2)15(18-14)12-7-5-8-13(17)11-12/h5,7-8,11,14-15,18H,3-4,6,9-10H2,1-2H3. The molecule has 1 heterocycles. The number of rotatable bonds is 7. The third kappa shape index (κ3) is 3.80. The Bertz CT molecular complexity index is 481. The van der Waals surface area contributed by atoms with Crippen LogP contribution in [0.4, 0.5) is 4.39 Å². The fourth-order valence-corrected chi connectivity index (χ4v) is 2.67. The molecule has 4 nitrogen and oxygen atoms in total. The van der Waals surface area contributed by atoms with Crippen molar-refractivity contribution in [1.29, 1.82) is 0 Å². The lowest BCUT2D eigenvalue weighted by atomic mass is 10.1. The van der Waals surface area contributed by atoms with Gasteiger partial charge < -0.3 is 9.64 Å². The maximum Gasteiger partial charge on any atom is 0.241 e. The van der Waals surface area contributed by atoms with Crippen LogP contribution in [0.1, 0.15) is 38.4 Å². The maximum absolute atomic E-state index is 13.4. The van der Waals surface area contributed by atoms with Gasteiger partial charge in [-0.2, -0.15) is 0 Å². The van der Waals surface area contributed by atoms with Crippen molar-refractivity contribution in [3.63, 3.8) is 0 Å². The molecule has 1 saturated heterocycles. The fourth-order valence-electron chi connectivity index (χ4n) is 2.67. The van der Waals surface area contributed by atoms with E-state index in [1.54, 1.807) is 11.0 Å². The number of halogens is 1. The molecule has 0 aliphatic carbocycles. The van der Waals surface area contributed by atoms with Crippen LogP contribution in [0.5, 0.6) is 0 Å². The summed E-state index contributed by atoms with van der Waals surface area (Å²) in [5, 5.41) is 3.32. The van der Waals surface area contributed by atoms with Gasteiger partial charge in [0.2, 0.25) is 5.91 Å². The van der Waals surface area contributed by atoms with Crippen LogP contribution in [-0.4, -0.2) is 36.6 Å². The lowest BCUT2D eigenvalue weighted by Gasteiger charge is -2.24. The smallest absolute Gasteiger partial charge is 0.241 e. The second-order valence-corrected chi connectivity index (χ2v) is 5.19. The van der Waals surface area contributed by atoms with Crippen molar-refractivity contribution >= 4 is 5.91 Å². The Morgan fingerprint density at radius 1 is 1.38 bits per heavy atom. The molecular formula is C16H23FN2O2. The number of hydrogen-bond acceptors (Lipinski definition) is 3. The van der Waals surface area contributed by atoms with Gasteiger partial charge in [-0.25, -0.2) is 4.39 Å². The van der Waals surface area contributed by atoms with Gasteiger partial charge in [-0.05, 0) is 31.0 Å². The first-order valence-corrected chi connectivity index (χ1v) is 7.57. The maximum atomic E-state index is 13.4. The van der Waals surface area contributed by atoms with Gasteiger partial charge >= 0.3 is 0 Å². The summed E-state index contributed by atoms with van der Waals surface area (Å²) < 4.78 is 18.8. The molecule has 2 rings (SSSR count). The van der Waals surface area contributed by atoms with E-state index in [1.807, 2.05) is 13.0 Å². The largest absolute Gasteiger partial charge is 0.380 e. The minimum Gasteiger partial charge on any atom is -0.380 e. The molecule has 2 unspecified atom stereocenters. The minimum atomic E-state index is -0.287. The van der Waals surface area contributed by atoms with E-state index in [9.17, 15) is 9.18 Å². The molecule has 1 amide bonds. The molecule has 1 fully saturated rings. The minimum absolute atomic E-state index is 0.0748. The summed E-state index contributed by atoms with van der Waals surface area (Å²) in [5.41, 5.74) is 0.776. The lowest BCUT2D eigenvalue weighted by molar-refractivity contribution is -0.131. The third-order valence-electron chi connectivity index (χ3n) is 3.67. The van der Waals surface area contributed by atoms with Gasteiger partial charge in [0.05, 0.1) is 12.6 Å². The molecule has 21 heavy (non-hydrogen) atoms. The Balaban J connectivity index is 2.16. The van der Waals surface area contributed by atoms with Crippen molar-refractivity contribution in [3.05, 3.63) is 35.6 Å². The SMILES string of the molecule is CCCC1NC(c2cccc(F)c2)N(CCOCC)C1=O. The normalized spacial score (nSPS) is 22.0. The highest BCUT2D eigenvalue weighted by atomic mass is 19.1. The number of hydrogen-bond donors (Lipinski definition) is 1. The Hall–Kier alpha value is -1.46. The molecule has 116 valence electrons. The number of nitrogens with zero attached hydrogens (tertiary/aromatic N) is 1. The number of amides is 1. The van der Waals surface area contributed by atoms with Crippen LogP contribution in [0.25, 0.3) is 0 Å². The number of benzene rings is 1. The summed E-state index contributed by atoms with van der Waals surface area (Å²) in [6.45, 7) is 5.61. The molecule has 0 saturated carbocycles.